The summed E-state index contributed by atoms with van der Waals surface area (Å²) < 4.78 is 14.1. The maximum absolute atomic E-state index is 14.1. The molecule has 2 heterocycles. The number of nitrogens with one attached hydrogen (secondary N) is 1. The molecule has 0 amide bonds. The minimum atomic E-state index is -0.166. The number of pyridine rings is 1. The Morgan fingerprint density at radius 2 is 2.00 bits per heavy atom. The van der Waals surface area contributed by atoms with Crippen LogP contribution in [0.2, 0.25) is 0 Å². The van der Waals surface area contributed by atoms with E-state index in [0.717, 1.165) is 12.0 Å². The Hall–Kier alpha value is -2.16. The third-order valence-corrected chi connectivity index (χ3v) is 4.41. The van der Waals surface area contributed by atoms with Crippen molar-refractivity contribution in [2.24, 2.45) is 5.92 Å². The summed E-state index contributed by atoms with van der Waals surface area (Å²) in [5, 5.41) is 3.41. The highest BCUT2D eigenvalue weighted by molar-refractivity contribution is 5.60. The van der Waals surface area contributed by atoms with Gasteiger partial charge in [-0.25, -0.2) is 4.39 Å². The Bertz CT molecular complexity index is 666. The number of anilines is 1. The van der Waals surface area contributed by atoms with Crippen molar-refractivity contribution in [2.75, 3.05) is 5.32 Å². The standard InChI is InChI=1S/C17H15FN2/c18-15-6-2-5-14-12-3-1-4-13(12)16(20-17(14)15)11-7-9-19-10-8-11/h1-3,5-10,12-13,16,20H,4H2. The van der Waals surface area contributed by atoms with Crippen LogP contribution >= 0.6 is 0 Å². The Balaban J connectivity index is 1.83. The Labute approximate surface area is 117 Å². The van der Waals surface area contributed by atoms with Gasteiger partial charge in [0.1, 0.15) is 5.82 Å². The number of para-hydroxylation sites is 1. The summed E-state index contributed by atoms with van der Waals surface area (Å²) in [5.41, 5.74) is 2.91. The predicted molar refractivity (Wildman–Crippen MR) is 77.0 cm³/mol. The Morgan fingerprint density at radius 1 is 1.15 bits per heavy atom. The van der Waals surface area contributed by atoms with Gasteiger partial charge in [0.05, 0.1) is 11.7 Å². The fourth-order valence-corrected chi connectivity index (χ4v) is 3.48. The van der Waals surface area contributed by atoms with E-state index in [1.54, 1.807) is 18.5 Å². The second-order valence-corrected chi connectivity index (χ2v) is 5.46. The van der Waals surface area contributed by atoms with Gasteiger partial charge in [-0.15, -0.1) is 0 Å². The van der Waals surface area contributed by atoms with Crippen LogP contribution in [0.25, 0.3) is 0 Å². The molecular formula is C17H15FN2. The van der Waals surface area contributed by atoms with E-state index in [-0.39, 0.29) is 11.9 Å². The van der Waals surface area contributed by atoms with E-state index in [1.807, 2.05) is 18.2 Å². The molecule has 0 bridgehead atoms. The van der Waals surface area contributed by atoms with E-state index in [9.17, 15) is 4.39 Å². The van der Waals surface area contributed by atoms with Crippen molar-refractivity contribution in [1.29, 1.82) is 0 Å². The van der Waals surface area contributed by atoms with Crippen LogP contribution in [0.15, 0.2) is 54.9 Å². The highest BCUT2D eigenvalue weighted by Crippen LogP contribution is 2.50. The summed E-state index contributed by atoms with van der Waals surface area (Å²) in [6.45, 7) is 0. The number of rotatable bonds is 1. The smallest absolute Gasteiger partial charge is 0.146 e. The van der Waals surface area contributed by atoms with Crippen LogP contribution in [0, 0.1) is 11.7 Å². The number of allylic oxidation sites excluding steroid dienone is 2. The van der Waals surface area contributed by atoms with E-state index in [0.29, 0.717) is 17.5 Å². The van der Waals surface area contributed by atoms with Gasteiger partial charge >= 0.3 is 0 Å². The molecule has 0 spiro atoms. The van der Waals surface area contributed by atoms with Crippen LogP contribution in [0.5, 0.6) is 0 Å². The maximum atomic E-state index is 14.1. The minimum absolute atomic E-state index is 0.141. The number of benzene rings is 1. The van der Waals surface area contributed by atoms with Crippen LogP contribution in [-0.2, 0) is 0 Å². The van der Waals surface area contributed by atoms with Gasteiger partial charge in [-0.1, -0.05) is 24.3 Å². The van der Waals surface area contributed by atoms with Gasteiger partial charge in [-0.05, 0) is 41.7 Å². The lowest BCUT2D eigenvalue weighted by molar-refractivity contribution is 0.420. The van der Waals surface area contributed by atoms with E-state index < -0.39 is 0 Å². The molecule has 2 aliphatic rings. The quantitative estimate of drug-likeness (QED) is 0.788. The number of halogens is 1. The fourth-order valence-electron chi connectivity index (χ4n) is 3.48. The zero-order valence-corrected chi connectivity index (χ0v) is 11.0. The normalized spacial score (nSPS) is 26.8. The SMILES string of the molecule is Fc1cccc2c1NC(c1ccncc1)C1CC=CC21. The molecule has 3 heteroatoms. The molecule has 1 aromatic carbocycles. The molecule has 2 nitrogen and oxygen atoms in total. The largest absolute Gasteiger partial charge is 0.375 e. The van der Waals surface area contributed by atoms with Crippen LogP contribution in [-0.4, -0.2) is 4.98 Å². The molecule has 1 N–H and O–H groups in total. The van der Waals surface area contributed by atoms with Crippen LogP contribution in [0.3, 0.4) is 0 Å². The molecule has 0 saturated carbocycles. The lowest BCUT2D eigenvalue weighted by Gasteiger charge is -2.37. The summed E-state index contributed by atoms with van der Waals surface area (Å²) in [5.74, 6) is 0.590. The molecule has 1 aliphatic heterocycles. The Kier molecular flexibility index (Phi) is 2.59. The van der Waals surface area contributed by atoms with Gasteiger partial charge in [-0.2, -0.15) is 0 Å². The van der Waals surface area contributed by atoms with Crippen molar-refractivity contribution in [3.8, 4) is 0 Å². The number of hydrogen-bond donors (Lipinski definition) is 1. The van der Waals surface area contributed by atoms with Gasteiger partial charge in [0.25, 0.3) is 0 Å². The predicted octanol–water partition coefficient (Wildman–Crippen LogP) is 4.05. The molecule has 3 atom stereocenters. The molecule has 20 heavy (non-hydrogen) atoms. The number of nitrogens with zero attached hydrogens (tertiary/aromatic N) is 1. The first kappa shape index (κ1) is 11.6. The molecule has 1 aliphatic carbocycles. The molecule has 2 aromatic rings. The van der Waals surface area contributed by atoms with Crippen molar-refractivity contribution in [3.63, 3.8) is 0 Å². The van der Waals surface area contributed by atoms with E-state index in [4.69, 9.17) is 0 Å². The summed E-state index contributed by atoms with van der Waals surface area (Å²) in [6, 6.07) is 9.52. The van der Waals surface area contributed by atoms with E-state index in [2.05, 4.69) is 22.5 Å². The zero-order chi connectivity index (χ0) is 13.5. The van der Waals surface area contributed by atoms with Crippen molar-refractivity contribution in [2.45, 2.75) is 18.4 Å². The van der Waals surface area contributed by atoms with Crippen molar-refractivity contribution < 1.29 is 4.39 Å². The van der Waals surface area contributed by atoms with Crippen LogP contribution in [0.4, 0.5) is 10.1 Å². The Morgan fingerprint density at radius 3 is 2.85 bits per heavy atom. The number of aromatic nitrogens is 1. The maximum Gasteiger partial charge on any atom is 0.146 e. The summed E-state index contributed by atoms with van der Waals surface area (Å²) in [6.07, 6.45) is 9.06. The van der Waals surface area contributed by atoms with Gasteiger partial charge in [0, 0.05) is 18.3 Å². The highest BCUT2D eigenvalue weighted by atomic mass is 19.1. The van der Waals surface area contributed by atoms with Gasteiger partial charge in [0.15, 0.2) is 0 Å². The lowest BCUT2D eigenvalue weighted by Crippen LogP contribution is -2.29. The molecule has 0 saturated heterocycles. The van der Waals surface area contributed by atoms with Gasteiger partial charge in [0.2, 0.25) is 0 Å². The van der Waals surface area contributed by atoms with E-state index >= 15 is 0 Å². The molecular weight excluding hydrogens is 251 g/mol. The average molecular weight is 266 g/mol. The second-order valence-electron chi connectivity index (χ2n) is 5.46. The van der Waals surface area contributed by atoms with E-state index in [1.165, 1.54) is 11.6 Å². The topological polar surface area (TPSA) is 24.9 Å². The third kappa shape index (κ3) is 1.66. The third-order valence-electron chi connectivity index (χ3n) is 4.41. The van der Waals surface area contributed by atoms with Crippen LogP contribution in [0.1, 0.15) is 29.5 Å². The molecule has 100 valence electrons. The molecule has 3 unspecified atom stereocenters. The monoisotopic (exact) mass is 266 g/mol. The highest BCUT2D eigenvalue weighted by Gasteiger charge is 2.38. The van der Waals surface area contributed by atoms with Crippen molar-refractivity contribution in [1.82, 2.24) is 4.98 Å². The van der Waals surface area contributed by atoms with Crippen LogP contribution < -0.4 is 5.32 Å². The summed E-state index contributed by atoms with van der Waals surface area (Å²) in [4.78, 5) is 4.07. The first-order valence-electron chi connectivity index (χ1n) is 6.96. The molecule has 4 rings (SSSR count). The van der Waals surface area contributed by atoms with Crippen molar-refractivity contribution >= 4 is 5.69 Å². The number of fused-ring (bicyclic) bond motifs is 3. The minimum Gasteiger partial charge on any atom is -0.375 e. The first-order valence-corrected chi connectivity index (χ1v) is 6.96. The first-order chi connectivity index (χ1) is 9.84. The molecule has 1 aromatic heterocycles. The van der Waals surface area contributed by atoms with Gasteiger partial charge in [-0.3, -0.25) is 4.98 Å². The summed E-state index contributed by atoms with van der Waals surface area (Å²) in [7, 11) is 0. The molecule has 0 fully saturated rings. The zero-order valence-electron chi connectivity index (χ0n) is 11.0. The van der Waals surface area contributed by atoms with Crippen molar-refractivity contribution in [3.05, 3.63) is 71.8 Å². The second kappa shape index (κ2) is 4.44. The number of hydrogen-bond acceptors (Lipinski definition) is 2. The average Bonchev–Trinajstić information content (AvgIpc) is 2.97. The van der Waals surface area contributed by atoms with Gasteiger partial charge < -0.3 is 5.32 Å². The fraction of sp³-hybridized carbons (Fsp3) is 0.235. The molecule has 0 radical (unpaired) electrons. The lowest BCUT2D eigenvalue weighted by atomic mass is 9.77. The summed E-state index contributed by atoms with van der Waals surface area (Å²) >= 11 is 0.